The fourth-order valence-electron chi connectivity index (χ4n) is 3.67. The van der Waals surface area contributed by atoms with E-state index < -0.39 is 0 Å². The molecule has 1 unspecified atom stereocenters. The minimum atomic E-state index is -0.0342. The van der Waals surface area contributed by atoms with Crippen molar-refractivity contribution in [2.24, 2.45) is 0 Å². The van der Waals surface area contributed by atoms with Crippen molar-refractivity contribution >= 4 is 18.1 Å². The van der Waals surface area contributed by atoms with Crippen LogP contribution in [0.25, 0.3) is 11.4 Å². The average Bonchev–Trinajstić information content (AvgIpc) is 3.01. The number of amides is 1. The van der Waals surface area contributed by atoms with Gasteiger partial charge in [-0.25, -0.2) is 0 Å². The zero-order chi connectivity index (χ0) is 19.2. The summed E-state index contributed by atoms with van der Waals surface area (Å²) in [5.41, 5.74) is 2.10. The normalized spacial score (nSPS) is 17.8. The van der Waals surface area contributed by atoms with Gasteiger partial charge in [-0.05, 0) is 57.9 Å². The number of hydrogen-bond donors (Lipinski definition) is 2. The molecule has 1 aliphatic rings. The van der Waals surface area contributed by atoms with Crippen molar-refractivity contribution in [2.45, 2.75) is 52.1 Å². The Balaban J connectivity index is 1.52. The number of benzene rings is 1. The number of carbonyl (C=O) groups is 1. The maximum absolute atomic E-state index is 12.4. The van der Waals surface area contributed by atoms with Crippen LogP contribution in [0.1, 0.15) is 38.2 Å². The first-order valence-electron chi connectivity index (χ1n) is 9.77. The smallest absolute Gasteiger partial charge is 0.240 e. The van der Waals surface area contributed by atoms with Crippen LogP contribution in [0.3, 0.4) is 0 Å². The fourth-order valence-corrected chi connectivity index (χ4v) is 3.86. The summed E-state index contributed by atoms with van der Waals surface area (Å²) in [5.74, 6) is 0.661. The quantitative estimate of drug-likeness (QED) is 0.565. The monoisotopic (exact) mass is 387 g/mol. The molecule has 1 aliphatic heterocycles. The molecule has 1 amide bonds. The molecule has 7 heteroatoms. The molecular formula is C20H29N5OS. The van der Waals surface area contributed by atoms with E-state index in [1.165, 1.54) is 25.8 Å². The maximum Gasteiger partial charge on any atom is 0.240 e. The molecule has 6 nitrogen and oxygen atoms in total. The van der Waals surface area contributed by atoms with E-state index in [1.54, 1.807) is 4.57 Å². The van der Waals surface area contributed by atoms with Crippen molar-refractivity contribution in [3.8, 4) is 11.4 Å². The topological polar surface area (TPSA) is 66.0 Å². The third kappa shape index (κ3) is 5.26. The van der Waals surface area contributed by atoms with Crippen LogP contribution in [-0.2, 0) is 11.3 Å². The van der Waals surface area contributed by atoms with E-state index >= 15 is 0 Å². The van der Waals surface area contributed by atoms with E-state index in [0.717, 1.165) is 24.1 Å². The van der Waals surface area contributed by atoms with Gasteiger partial charge in [-0.1, -0.05) is 30.2 Å². The molecule has 1 aromatic heterocycles. The van der Waals surface area contributed by atoms with Gasteiger partial charge in [0.1, 0.15) is 6.54 Å². The van der Waals surface area contributed by atoms with Crippen molar-refractivity contribution in [2.75, 3.05) is 19.6 Å². The second-order valence-corrected chi connectivity index (χ2v) is 7.78. The number of likely N-dealkylation sites (tertiary alicyclic amines) is 1. The van der Waals surface area contributed by atoms with E-state index in [-0.39, 0.29) is 12.5 Å². The van der Waals surface area contributed by atoms with Gasteiger partial charge >= 0.3 is 0 Å². The SMILES string of the molecule is Cc1cccc(-c2n[nH]c(=S)n2CC(=O)NCCCN2CCCCC2C)c1. The Morgan fingerprint density at radius 3 is 3.04 bits per heavy atom. The van der Waals surface area contributed by atoms with Gasteiger partial charge in [-0.3, -0.25) is 14.5 Å². The summed E-state index contributed by atoms with van der Waals surface area (Å²) < 4.78 is 2.22. The number of piperidine rings is 1. The molecule has 0 spiro atoms. The number of aromatic amines is 1. The lowest BCUT2D eigenvalue weighted by Gasteiger charge is -2.33. The molecule has 2 N–H and O–H groups in total. The number of aromatic nitrogens is 3. The number of rotatable bonds is 7. The molecule has 1 fully saturated rings. The Bertz CT molecular complexity index is 828. The Labute approximate surface area is 166 Å². The first-order valence-corrected chi connectivity index (χ1v) is 10.2. The number of H-pyrrole nitrogens is 1. The van der Waals surface area contributed by atoms with Crippen molar-refractivity contribution in [3.05, 3.63) is 34.6 Å². The minimum Gasteiger partial charge on any atom is -0.355 e. The summed E-state index contributed by atoms with van der Waals surface area (Å²) in [4.78, 5) is 14.9. The third-order valence-electron chi connectivity index (χ3n) is 5.22. The molecular weight excluding hydrogens is 358 g/mol. The summed E-state index contributed by atoms with van der Waals surface area (Å²) in [7, 11) is 0. The van der Waals surface area contributed by atoms with E-state index in [9.17, 15) is 4.79 Å². The van der Waals surface area contributed by atoms with Gasteiger partial charge in [-0.15, -0.1) is 0 Å². The predicted molar refractivity (Wildman–Crippen MR) is 110 cm³/mol. The highest BCUT2D eigenvalue weighted by atomic mass is 32.1. The highest BCUT2D eigenvalue weighted by Gasteiger charge is 2.17. The van der Waals surface area contributed by atoms with Crippen LogP contribution < -0.4 is 5.32 Å². The van der Waals surface area contributed by atoms with Gasteiger partial charge < -0.3 is 10.2 Å². The van der Waals surface area contributed by atoms with Crippen LogP contribution in [0, 0.1) is 11.7 Å². The van der Waals surface area contributed by atoms with Crippen molar-refractivity contribution in [1.29, 1.82) is 0 Å². The van der Waals surface area contributed by atoms with Gasteiger partial charge in [0, 0.05) is 24.7 Å². The number of hydrogen-bond acceptors (Lipinski definition) is 4. The molecule has 1 atom stereocenters. The van der Waals surface area contributed by atoms with Gasteiger partial charge in [0.05, 0.1) is 0 Å². The number of nitrogens with one attached hydrogen (secondary N) is 2. The molecule has 0 saturated carbocycles. The van der Waals surface area contributed by atoms with E-state index in [1.807, 2.05) is 31.2 Å². The first-order chi connectivity index (χ1) is 13.0. The molecule has 0 aliphatic carbocycles. The molecule has 0 bridgehead atoms. The standard InChI is InChI=1S/C20H29N5OS/c1-15-7-5-9-17(13-15)19-22-23-20(27)25(19)14-18(26)21-10-6-12-24-11-4-3-8-16(24)2/h5,7,9,13,16H,3-4,6,8,10-12,14H2,1-2H3,(H,21,26)(H,23,27). The predicted octanol–water partition coefficient (Wildman–Crippen LogP) is 3.30. The molecule has 3 rings (SSSR count). The molecule has 2 aromatic rings. The van der Waals surface area contributed by atoms with Crippen molar-refractivity contribution < 1.29 is 4.79 Å². The zero-order valence-electron chi connectivity index (χ0n) is 16.2. The summed E-state index contributed by atoms with van der Waals surface area (Å²) in [6, 6.07) is 8.70. The van der Waals surface area contributed by atoms with Crippen LogP contribution in [0.15, 0.2) is 24.3 Å². The second kappa shape index (κ2) is 9.28. The van der Waals surface area contributed by atoms with Crippen LogP contribution in [0.4, 0.5) is 0 Å². The van der Waals surface area contributed by atoms with Crippen LogP contribution >= 0.6 is 12.2 Å². The van der Waals surface area contributed by atoms with E-state index in [0.29, 0.717) is 23.2 Å². The van der Waals surface area contributed by atoms with Crippen LogP contribution in [0.5, 0.6) is 0 Å². The third-order valence-corrected chi connectivity index (χ3v) is 5.53. The Morgan fingerprint density at radius 1 is 1.41 bits per heavy atom. The first kappa shape index (κ1) is 19.8. The molecule has 2 heterocycles. The largest absolute Gasteiger partial charge is 0.355 e. The lowest BCUT2D eigenvalue weighted by Crippen LogP contribution is -2.39. The fraction of sp³-hybridized carbons (Fsp3) is 0.550. The lowest BCUT2D eigenvalue weighted by molar-refractivity contribution is -0.121. The molecule has 27 heavy (non-hydrogen) atoms. The maximum atomic E-state index is 12.4. The molecule has 146 valence electrons. The van der Waals surface area contributed by atoms with Gasteiger partial charge in [0.2, 0.25) is 5.91 Å². The highest BCUT2D eigenvalue weighted by Crippen LogP contribution is 2.18. The number of nitrogens with zero attached hydrogens (tertiary/aromatic N) is 3. The van der Waals surface area contributed by atoms with Gasteiger partial charge in [-0.2, -0.15) is 5.10 Å². The summed E-state index contributed by atoms with van der Waals surface area (Å²) in [6.45, 7) is 7.42. The van der Waals surface area contributed by atoms with Crippen molar-refractivity contribution in [3.63, 3.8) is 0 Å². The van der Waals surface area contributed by atoms with Gasteiger partial charge in [0.15, 0.2) is 10.6 Å². The second-order valence-electron chi connectivity index (χ2n) is 7.39. The molecule has 0 radical (unpaired) electrons. The number of aryl methyl sites for hydroxylation is 1. The summed E-state index contributed by atoms with van der Waals surface area (Å²) >= 11 is 5.32. The van der Waals surface area contributed by atoms with E-state index in [4.69, 9.17) is 12.2 Å². The Morgan fingerprint density at radius 2 is 2.26 bits per heavy atom. The summed E-state index contributed by atoms with van der Waals surface area (Å²) in [5, 5.41) is 10.1. The van der Waals surface area contributed by atoms with Crippen LogP contribution in [0.2, 0.25) is 0 Å². The van der Waals surface area contributed by atoms with Crippen LogP contribution in [-0.4, -0.2) is 51.2 Å². The molecule has 1 aromatic carbocycles. The zero-order valence-corrected chi connectivity index (χ0v) is 17.0. The van der Waals surface area contributed by atoms with Crippen molar-refractivity contribution in [1.82, 2.24) is 25.0 Å². The lowest BCUT2D eigenvalue weighted by atomic mass is 10.0. The Hall–Kier alpha value is -1.99. The van der Waals surface area contributed by atoms with E-state index in [2.05, 4.69) is 27.3 Å². The molecule has 1 saturated heterocycles. The average molecular weight is 388 g/mol. The highest BCUT2D eigenvalue weighted by molar-refractivity contribution is 7.71. The minimum absolute atomic E-state index is 0.0342. The number of carbonyl (C=O) groups excluding carboxylic acids is 1. The Kier molecular flexibility index (Phi) is 6.79. The summed E-state index contributed by atoms with van der Waals surface area (Å²) in [6.07, 6.45) is 4.88. The van der Waals surface area contributed by atoms with Gasteiger partial charge in [0.25, 0.3) is 0 Å².